The second-order valence-electron chi connectivity index (χ2n) is 4.24. The zero-order chi connectivity index (χ0) is 13.1. The largest absolute Gasteiger partial charge is 0.394 e. The van der Waals surface area contributed by atoms with Gasteiger partial charge in [0.2, 0.25) is 0 Å². The molecule has 96 valence electrons. The summed E-state index contributed by atoms with van der Waals surface area (Å²) in [6, 6.07) is 10.1. The van der Waals surface area contributed by atoms with Crippen molar-refractivity contribution >= 4 is 11.5 Å². The Morgan fingerprint density at radius 1 is 1.17 bits per heavy atom. The Morgan fingerprint density at radius 3 is 2.33 bits per heavy atom. The van der Waals surface area contributed by atoms with Gasteiger partial charge in [0.25, 0.3) is 0 Å². The van der Waals surface area contributed by atoms with Crippen molar-refractivity contribution in [1.82, 2.24) is 9.78 Å². The van der Waals surface area contributed by atoms with E-state index in [0.29, 0.717) is 0 Å². The summed E-state index contributed by atoms with van der Waals surface area (Å²) in [6.07, 6.45) is 0. The van der Waals surface area contributed by atoms with Crippen molar-refractivity contribution in [3.63, 3.8) is 0 Å². The molecular formula is C14H20N4. The number of para-hydroxylation sites is 1. The molecule has 0 atom stereocenters. The normalized spacial score (nSPS) is 10.6. The molecule has 0 saturated heterocycles. The maximum Gasteiger partial charge on any atom is 0.155 e. The SMILES string of the molecule is CCN(CC)c1c(N)c(C)nn1-c1ccccc1. The Balaban J connectivity index is 2.58. The molecule has 0 unspecified atom stereocenters. The third-order valence-corrected chi connectivity index (χ3v) is 3.15. The summed E-state index contributed by atoms with van der Waals surface area (Å²) in [5.41, 5.74) is 8.85. The standard InChI is InChI=1S/C14H20N4/c1-4-17(5-2)14-13(15)11(3)16-18(14)12-9-7-6-8-10-12/h6-10H,4-5,15H2,1-3H3. The van der Waals surface area contributed by atoms with Crippen molar-refractivity contribution in [2.75, 3.05) is 23.7 Å². The van der Waals surface area contributed by atoms with Gasteiger partial charge in [-0.05, 0) is 32.9 Å². The fourth-order valence-electron chi connectivity index (χ4n) is 2.10. The van der Waals surface area contributed by atoms with Crippen LogP contribution in [0.2, 0.25) is 0 Å². The molecule has 0 aliphatic carbocycles. The third-order valence-electron chi connectivity index (χ3n) is 3.15. The van der Waals surface area contributed by atoms with Crippen LogP contribution in [0, 0.1) is 6.92 Å². The van der Waals surface area contributed by atoms with Crippen molar-refractivity contribution in [2.45, 2.75) is 20.8 Å². The van der Waals surface area contributed by atoms with E-state index in [2.05, 4.69) is 23.8 Å². The van der Waals surface area contributed by atoms with Gasteiger partial charge < -0.3 is 10.6 Å². The Bertz CT molecular complexity index is 512. The average molecular weight is 244 g/mol. The van der Waals surface area contributed by atoms with Crippen molar-refractivity contribution in [2.24, 2.45) is 0 Å². The van der Waals surface area contributed by atoms with Gasteiger partial charge in [0.05, 0.1) is 17.1 Å². The van der Waals surface area contributed by atoms with Crippen molar-refractivity contribution < 1.29 is 0 Å². The highest BCUT2D eigenvalue weighted by Crippen LogP contribution is 2.29. The van der Waals surface area contributed by atoms with Gasteiger partial charge in [-0.1, -0.05) is 18.2 Å². The first-order valence-electron chi connectivity index (χ1n) is 6.34. The van der Waals surface area contributed by atoms with E-state index in [1.807, 2.05) is 41.9 Å². The smallest absolute Gasteiger partial charge is 0.155 e. The van der Waals surface area contributed by atoms with E-state index in [9.17, 15) is 0 Å². The van der Waals surface area contributed by atoms with Gasteiger partial charge >= 0.3 is 0 Å². The van der Waals surface area contributed by atoms with Crippen molar-refractivity contribution in [1.29, 1.82) is 0 Å². The van der Waals surface area contributed by atoms with E-state index in [-0.39, 0.29) is 0 Å². The van der Waals surface area contributed by atoms with Crippen molar-refractivity contribution in [3.05, 3.63) is 36.0 Å². The van der Waals surface area contributed by atoms with E-state index in [1.54, 1.807) is 0 Å². The van der Waals surface area contributed by atoms with E-state index in [1.165, 1.54) is 0 Å². The highest BCUT2D eigenvalue weighted by Gasteiger charge is 2.17. The first-order chi connectivity index (χ1) is 8.69. The molecule has 1 heterocycles. The molecule has 0 aliphatic rings. The number of hydrogen-bond acceptors (Lipinski definition) is 3. The van der Waals surface area contributed by atoms with Crippen LogP contribution in [0.1, 0.15) is 19.5 Å². The zero-order valence-electron chi connectivity index (χ0n) is 11.2. The van der Waals surface area contributed by atoms with Crippen LogP contribution in [0.5, 0.6) is 0 Å². The molecule has 0 bridgehead atoms. The summed E-state index contributed by atoms with van der Waals surface area (Å²) < 4.78 is 1.93. The predicted octanol–water partition coefficient (Wildman–Crippen LogP) is 2.61. The predicted molar refractivity (Wildman–Crippen MR) is 76.3 cm³/mol. The molecule has 4 heteroatoms. The molecule has 0 amide bonds. The van der Waals surface area contributed by atoms with Gasteiger partial charge in [-0.15, -0.1) is 0 Å². The molecule has 2 N–H and O–H groups in total. The van der Waals surface area contributed by atoms with E-state index in [0.717, 1.165) is 36.0 Å². The summed E-state index contributed by atoms with van der Waals surface area (Å²) in [5.74, 6) is 0.990. The Hall–Kier alpha value is -1.97. The summed E-state index contributed by atoms with van der Waals surface area (Å²) in [6.45, 7) is 8.03. The topological polar surface area (TPSA) is 47.1 Å². The second kappa shape index (κ2) is 5.12. The fourth-order valence-corrected chi connectivity index (χ4v) is 2.10. The molecule has 1 aromatic heterocycles. The van der Waals surface area contributed by atoms with Crippen LogP contribution in [0.25, 0.3) is 5.69 Å². The van der Waals surface area contributed by atoms with Gasteiger partial charge in [0.1, 0.15) is 0 Å². The lowest BCUT2D eigenvalue weighted by atomic mass is 10.3. The number of benzene rings is 1. The maximum absolute atomic E-state index is 6.17. The van der Waals surface area contributed by atoms with Crippen LogP contribution in [0.4, 0.5) is 11.5 Å². The Morgan fingerprint density at radius 2 is 1.78 bits per heavy atom. The number of hydrogen-bond donors (Lipinski definition) is 1. The van der Waals surface area contributed by atoms with Crippen LogP contribution in [0.15, 0.2) is 30.3 Å². The molecule has 2 rings (SSSR count). The molecule has 4 nitrogen and oxygen atoms in total. The van der Waals surface area contributed by atoms with Crippen LogP contribution in [-0.4, -0.2) is 22.9 Å². The van der Waals surface area contributed by atoms with E-state index in [4.69, 9.17) is 5.73 Å². The lowest BCUT2D eigenvalue weighted by Crippen LogP contribution is -2.25. The van der Waals surface area contributed by atoms with E-state index >= 15 is 0 Å². The van der Waals surface area contributed by atoms with Gasteiger partial charge in [0.15, 0.2) is 5.82 Å². The first-order valence-corrected chi connectivity index (χ1v) is 6.34. The highest BCUT2D eigenvalue weighted by atomic mass is 15.4. The Kier molecular flexibility index (Phi) is 3.55. The number of anilines is 2. The summed E-state index contributed by atoms with van der Waals surface area (Å²) in [7, 11) is 0. The number of nitrogens with two attached hydrogens (primary N) is 1. The molecule has 2 aromatic rings. The van der Waals surface area contributed by atoms with Crippen molar-refractivity contribution in [3.8, 4) is 5.69 Å². The highest BCUT2D eigenvalue weighted by molar-refractivity contribution is 5.68. The maximum atomic E-state index is 6.17. The number of rotatable bonds is 4. The fraction of sp³-hybridized carbons (Fsp3) is 0.357. The number of nitrogens with zero attached hydrogens (tertiary/aromatic N) is 3. The van der Waals surface area contributed by atoms with E-state index < -0.39 is 0 Å². The van der Waals surface area contributed by atoms with Crippen LogP contribution in [0.3, 0.4) is 0 Å². The molecular weight excluding hydrogens is 224 g/mol. The molecule has 0 spiro atoms. The van der Waals surface area contributed by atoms with Gasteiger partial charge in [-0.2, -0.15) is 5.10 Å². The zero-order valence-corrected chi connectivity index (χ0v) is 11.2. The summed E-state index contributed by atoms with van der Waals surface area (Å²) in [5, 5.41) is 4.55. The van der Waals surface area contributed by atoms with Crippen LogP contribution < -0.4 is 10.6 Å². The van der Waals surface area contributed by atoms with Crippen LogP contribution >= 0.6 is 0 Å². The third kappa shape index (κ3) is 2.06. The van der Waals surface area contributed by atoms with Gasteiger partial charge in [-0.3, -0.25) is 0 Å². The summed E-state index contributed by atoms with van der Waals surface area (Å²) >= 11 is 0. The minimum atomic E-state index is 0.766. The quantitative estimate of drug-likeness (QED) is 0.899. The first kappa shape index (κ1) is 12.5. The molecule has 1 aromatic carbocycles. The van der Waals surface area contributed by atoms with Gasteiger partial charge in [0, 0.05) is 13.1 Å². The molecule has 0 fully saturated rings. The molecule has 0 saturated carbocycles. The van der Waals surface area contributed by atoms with Crippen LogP contribution in [-0.2, 0) is 0 Å². The lowest BCUT2D eigenvalue weighted by molar-refractivity contribution is 0.781. The minimum Gasteiger partial charge on any atom is -0.394 e. The summed E-state index contributed by atoms with van der Waals surface area (Å²) in [4.78, 5) is 2.22. The molecule has 0 aliphatic heterocycles. The monoisotopic (exact) mass is 244 g/mol. The Labute approximate surface area is 108 Å². The number of aromatic nitrogens is 2. The molecule has 18 heavy (non-hydrogen) atoms. The lowest BCUT2D eigenvalue weighted by Gasteiger charge is -2.22. The molecule has 0 radical (unpaired) electrons. The minimum absolute atomic E-state index is 0.766. The van der Waals surface area contributed by atoms with Gasteiger partial charge in [-0.25, -0.2) is 4.68 Å². The number of nitrogen functional groups attached to an aromatic ring is 1. The average Bonchev–Trinajstić information content (AvgIpc) is 2.70. The number of aryl methyl sites for hydroxylation is 1. The second-order valence-corrected chi connectivity index (χ2v) is 4.24.